The SMILES string of the molecule is CCOc1cc(Cl)ccc1NC(=O)CCC(C)N. The summed E-state index contributed by atoms with van der Waals surface area (Å²) < 4.78 is 5.42. The second kappa shape index (κ2) is 7.24. The number of anilines is 1. The van der Waals surface area contributed by atoms with Crippen molar-refractivity contribution in [2.45, 2.75) is 32.7 Å². The number of benzene rings is 1. The molecule has 0 spiro atoms. The van der Waals surface area contributed by atoms with E-state index in [4.69, 9.17) is 22.1 Å². The van der Waals surface area contributed by atoms with Gasteiger partial charge in [-0.1, -0.05) is 11.6 Å². The number of halogens is 1. The molecule has 1 amide bonds. The van der Waals surface area contributed by atoms with Crippen LogP contribution in [0.25, 0.3) is 0 Å². The van der Waals surface area contributed by atoms with Crippen LogP contribution in [0.3, 0.4) is 0 Å². The molecule has 0 aromatic heterocycles. The molecule has 5 heteroatoms. The van der Waals surface area contributed by atoms with Crippen molar-refractivity contribution in [1.82, 2.24) is 0 Å². The number of hydrogen-bond donors (Lipinski definition) is 2. The average Bonchev–Trinajstić information content (AvgIpc) is 2.30. The van der Waals surface area contributed by atoms with Gasteiger partial charge in [0.1, 0.15) is 5.75 Å². The van der Waals surface area contributed by atoms with E-state index in [9.17, 15) is 4.79 Å². The van der Waals surface area contributed by atoms with Crippen LogP contribution in [0.5, 0.6) is 5.75 Å². The molecular weight excluding hydrogens is 252 g/mol. The smallest absolute Gasteiger partial charge is 0.224 e. The zero-order valence-electron chi connectivity index (χ0n) is 10.7. The summed E-state index contributed by atoms with van der Waals surface area (Å²) >= 11 is 5.88. The molecule has 3 N–H and O–H groups in total. The van der Waals surface area contributed by atoms with Gasteiger partial charge in [0.2, 0.25) is 5.91 Å². The third-order valence-electron chi connectivity index (χ3n) is 2.34. The molecule has 1 atom stereocenters. The van der Waals surface area contributed by atoms with E-state index < -0.39 is 0 Å². The topological polar surface area (TPSA) is 64.3 Å². The zero-order chi connectivity index (χ0) is 13.5. The first-order chi connectivity index (χ1) is 8.52. The Morgan fingerprint density at radius 2 is 2.28 bits per heavy atom. The summed E-state index contributed by atoms with van der Waals surface area (Å²) in [6.45, 7) is 4.27. The van der Waals surface area contributed by atoms with Gasteiger partial charge >= 0.3 is 0 Å². The minimum atomic E-state index is -0.0735. The second-order valence-corrected chi connectivity index (χ2v) is 4.57. The molecule has 100 valence electrons. The maximum absolute atomic E-state index is 11.7. The molecule has 0 aliphatic heterocycles. The maximum atomic E-state index is 11.7. The van der Waals surface area contributed by atoms with Crippen molar-refractivity contribution in [3.63, 3.8) is 0 Å². The fourth-order valence-corrected chi connectivity index (χ4v) is 1.61. The molecule has 0 radical (unpaired) electrons. The monoisotopic (exact) mass is 270 g/mol. The first-order valence-electron chi connectivity index (χ1n) is 6.00. The highest BCUT2D eigenvalue weighted by Crippen LogP contribution is 2.28. The number of carbonyl (C=O) groups is 1. The van der Waals surface area contributed by atoms with Gasteiger partial charge in [0, 0.05) is 23.6 Å². The van der Waals surface area contributed by atoms with E-state index in [1.165, 1.54) is 0 Å². The number of amides is 1. The van der Waals surface area contributed by atoms with E-state index in [2.05, 4.69) is 5.32 Å². The van der Waals surface area contributed by atoms with Gasteiger partial charge < -0.3 is 15.8 Å². The number of hydrogen-bond acceptors (Lipinski definition) is 3. The second-order valence-electron chi connectivity index (χ2n) is 4.14. The normalized spacial score (nSPS) is 12.0. The Labute approximate surface area is 112 Å². The summed E-state index contributed by atoms with van der Waals surface area (Å²) in [6, 6.07) is 5.15. The number of nitrogens with two attached hydrogens (primary N) is 1. The van der Waals surface area contributed by atoms with Gasteiger partial charge in [0.15, 0.2) is 0 Å². The molecular formula is C13H19ClN2O2. The van der Waals surface area contributed by atoms with Crippen molar-refractivity contribution in [2.24, 2.45) is 5.73 Å². The lowest BCUT2D eigenvalue weighted by Gasteiger charge is -2.12. The van der Waals surface area contributed by atoms with Crippen molar-refractivity contribution in [2.75, 3.05) is 11.9 Å². The molecule has 18 heavy (non-hydrogen) atoms. The first kappa shape index (κ1) is 14.8. The van der Waals surface area contributed by atoms with Crippen molar-refractivity contribution in [1.29, 1.82) is 0 Å². The van der Waals surface area contributed by atoms with E-state index in [1.807, 2.05) is 13.8 Å². The van der Waals surface area contributed by atoms with Crippen LogP contribution in [0, 0.1) is 0 Å². The van der Waals surface area contributed by atoms with E-state index >= 15 is 0 Å². The summed E-state index contributed by atoms with van der Waals surface area (Å²) in [6.07, 6.45) is 1.05. The van der Waals surface area contributed by atoms with E-state index in [1.54, 1.807) is 18.2 Å². The lowest BCUT2D eigenvalue weighted by Crippen LogP contribution is -2.19. The van der Waals surface area contributed by atoms with Crippen molar-refractivity contribution in [3.8, 4) is 5.75 Å². The highest BCUT2D eigenvalue weighted by molar-refractivity contribution is 6.30. The Bertz CT molecular complexity index is 408. The van der Waals surface area contributed by atoms with Crippen LogP contribution in [0.4, 0.5) is 5.69 Å². The Morgan fingerprint density at radius 1 is 1.56 bits per heavy atom. The van der Waals surface area contributed by atoms with Crippen molar-refractivity contribution >= 4 is 23.2 Å². The third-order valence-corrected chi connectivity index (χ3v) is 2.58. The number of nitrogens with one attached hydrogen (secondary N) is 1. The number of rotatable bonds is 6. The quantitative estimate of drug-likeness (QED) is 0.835. The highest BCUT2D eigenvalue weighted by atomic mass is 35.5. The van der Waals surface area contributed by atoms with Gasteiger partial charge in [-0.2, -0.15) is 0 Å². The van der Waals surface area contributed by atoms with Gasteiger partial charge in [-0.3, -0.25) is 4.79 Å². The molecule has 1 rings (SSSR count). The molecule has 0 heterocycles. The van der Waals surface area contributed by atoms with Crippen molar-refractivity contribution in [3.05, 3.63) is 23.2 Å². The van der Waals surface area contributed by atoms with Gasteiger partial charge in [0.25, 0.3) is 0 Å². The lowest BCUT2D eigenvalue weighted by atomic mass is 10.2. The summed E-state index contributed by atoms with van der Waals surface area (Å²) in [7, 11) is 0. The lowest BCUT2D eigenvalue weighted by molar-refractivity contribution is -0.116. The Kier molecular flexibility index (Phi) is 5.95. The Hall–Kier alpha value is -1.26. The number of carbonyl (C=O) groups excluding carboxylic acids is 1. The summed E-state index contributed by atoms with van der Waals surface area (Å²) in [5.41, 5.74) is 6.24. The largest absolute Gasteiger partial charge is 0.492 e. The highest BCUT2D eigenvalue weighted by Gasteiger charge is 2.09. The Morgan fingerprint density at radius 3 is 2.89 bits per heavy atom. The zero-order valence-corrected chi connectivity index (χ0v) is 11.5. The average molecular weight is 271 g/mol. The van der Waals surface area contributed by atoms with Crippen LogP contribution in [0.1, 0.15) is 26.7 Å². The predicted molar refractivity (Wildman–Crippen MR) is 74.1 cm³/mol. The minimum Gasteiger partial charge on any atom is -0.492 e. The van der Waals surface area contributed by atoms with Crippen molar-refractivity contribution < 1.29 is 9.53 Å². The summed E-state index contributed by atoms with van der Waals surface area (Å²) in [5.74, 6) is 0.509. The van der Waals surface area contributed by atoms with Crippen LogP contribution in [-0.2, 0) is 4.79 Å². The van der Waals surface area contributed by atoms with Gasteiger partial charge in [0.05, 0.1) is 12.3 Å². The van der Waals surface area contributed by atoms with Crippen LogP contribution in [0.15, 0.2) is 18.2 Å². The van der Waals surface area contributed by atoms with E-state index in [-0.39, 0.29) is 11.9 Å². The van der Waals surface area contributed by atoms with Crippen LogP contribution in [0.2, 0.25) is 5.02 Å². The molecule has 0 bridgehead atoms. The molecule has 1 aromatic rings. The third kappa shape index (κ3) is 4.94. The predicted octanol–water partition coefficient (Wildman–Crippen LogP) is 2.80. The van der Waals surface area contributed by atoms with E-state index in [0.29, 0.717) is 35.9 Å². The number of ether oxygens (including phenoxy) is 1. The molecule has 1 unspecified atom stereocenters. The van der Waals surface area contributed by atoms with Crippen LogP contribution < -0.4 is 15.8 Å². The Balaban J connectivity index is 2.68. The maximum Gasteiger partial charge on any atom is 0.224 e. The fourth-order valence-electron chi connectivity index (χ4n) is 1.45. The molecule has 0 saturated carbocycles. The molecule has 0 saturated heterocycles. The van der Waals surface area contributed by atoms with Crippen LogP contribution >= 0.6 is 11.6 Å². The van der Waals surface area contributed by atoms with Crippen LogP contribution in [-0.4, -0.2) is 18.6 Å². The summed E-state index contributed by atoms with van der Waals surface area (Å²) in [4.78, 5) is 11.7. The van der Waals surface area contributed by atoms with Gasteiger partial charge in [-0.25, -0.2) is 0 Å². The molecule has 4 nitrogen and oxygen atoms in total. The van der Waals surface area contributed by atoms with Gasteiger partial charge in [-0.05, 0) is 32.4 Å². The molecule has 0 aliphatic carbocycles. The van der Waals surface area contributed by atoms with E-state index in [0.717, 1.165) is 0 Å². The standard InChI is InChI=1S/C13H19ClN2O2/c1-3-18-12-8-10(14)5-6-11(12)16-13(17)7-4-9(2)15/h5-6,8-9H,3-4,7,15H2,1-2H3,(H,16,17). The fraction of sp³-hybridized carbons (Fsp3) is 0.462. The first-order valence-corrected chi connectivity index (χ1v) is 6.38. The molecule has 1 aromatic carbocycles. The van der Waals surface area contributed by atoms with Gasteiger partial charge in [-0.15, -0.1) is 0 Å². The molecule has 0 fully saturated rings. The summed E-state index contributed by atoms with van der Waals surface area (Å²) in [5, 5.41) is 3.38. The minimum absolute atomic E-state index is 0.0207. The molecule has 0 aliphatic rings.